The van der Waals surface area contributed by atoms with E-state index in [0.717, 1.165) is 53.9 Å². The predicted molar refractivity (Wildman–Crippen MR) is 112 cm³/mol. The molecular formula is C21H28N4O3S. The van der Waals surface area contributed by atoms with Gasteiger partial charge in [-0.05, 0) is 30.5 Å². The Bertz CT molecular complexity index is 883. The normalized spacial score (nSPS) is 18.9. The Morgan fingerprint density at radius 2 is 2.00 bits per heavy atom. The Kier molecular flexibility index (Phi) is 5.99. The summed E-state index contributed by atoms with van der Waals surface area (Å²) in [6, 6.07) is 6.17. The number of thioether (sulfide) groups is 1. The molecule has 29 heavy (non-hydrogen) atoms. The van der Waals surface area contributed by atoms with Crippen LogP contribution in [0.2, 0.25) is 0 Å². The van der Waals surface area contributed by atoms with E-state index in [2.05, 4.69) is 30.1 Å². The number of ether oxygens (including phenoxy) is 2. The van der Waals surface area contributed by atoms with E-state index >= 15 is 0 Å². The van der Waals surface area contributed by atoms with Crippen molar-refractivity contribution in [2.75, 3.05) is 25.5 Å². The van der Waals surface area contributed by atoms with Crippen LogP contribution in [0, 0.1) is 0 Å². The maximum atomic E-state index is 13.0. The highest BCUT2D eigenvalue weighted by Crippen LogP contribution is 2.38. The molecule has 0 aliphatic carbocycles. The van der Waals surface area contributed by atoms with Gasteiger partial charge < -0.3 is 18.9 Å². The summed E-state index contributed by atoms with van der Waals surface area (Å²) in [6.07, 6.45) is 2.87. The minimum absolute atomic E-state index is 0.0889. The first-order valence-corrected chi connectivity index (χ1v) is 11.2. The fourth-order valence-electron chi connectivity index (χ4n) is 3.96. The molecule has 2 aromatic rings. The SMILES string of the molecule is CC(C)c1nnc(SCC(=O)N2CCCC2c2ccc3c(c2)OCCCO3)n1C. The quantitative estimate of drug-likeness (QED) is 0.694. The number of hydrogen-bond acceptors (Lipinski definition) is 6. The molecule has 1 atom stereocenters. The lowest BCUT2D eigenvalue weighted by Crippen LogP contribution is -2.32. The number of rotatable bonds is 5. The van der Waals surface area contributed by atoms with Crippen molar-refractivity contribution < 1.29 is 14.3 Å². The first-order chi connectivity index (χ1) is 14.0. The van der Waals surface area contributed by atoms with Crippen molar-refractivity contribution in [1.82, 2.24) is 19.7 Å². The van der Waals surface area contributed by atoms with E-state index in [1.165, 1.54) is 11.8 Å². The first-order valence-electron chi connectivity index (χ1n) is 10.3. The van der Waals surface area contributed by atoms with Crippen molar-refractivity contribution in [1.29, 1.82) is 0 Å². The van der Waals surface area contributed by atoms with Crippen LogP contribution in [0.25, 0.3) is 0 Å². The van der Waals surface area contributed by atoms with Crippen LogP contribution in [-0.4, -0.2) is 51.1 Å². The summed E-state index contributed by atoms with van der Waals surface area (Å²) in [5.74, 6) is 3.32. The number of fused-ring (bicyclic) bond motifs is 1. The zero-order valence-corrected chi connectivity index (χ0v) is 18.1. The van der Waals surface area contributed by atoms with Crippen LogP contribution in [0.5, 0.6) is 11.5 Å². The van der Waals surface area contributed by atoms with Crippen LogP contribution < -0.4 is 9.47 Å². The van der Waals surface area contributed by atoms with Crippen molar-refractivity contribution in [3.63, 3.8) is 0 Å². The molecule has 7 nitrogen and oxygen atoms in total. The first kappa shape index (κ1) is 20.1. The van der Waals surface area contributed by atoms with Crippen LogP contribution in [0.4, 0.5) is 0 Å². The summed E-state index contributed by atoms with van der Waals surface area (Å²) in [4.78, 5) is 15.0. The zero-order valence-electron chi connectivity index (χ0n) is 17.3. The van der Waals surface area contributed by atoms with E-state index in [9.17, 15) is 4.79 Å². The second-order valence-electron chi connectivity index (χ2n) is 7.84. The molecule has 0 bridgehead atoms. The molecule has 8 heteroatoms. The molecule has 0 N–H and O–H groups in total. The summed E-state index contributed by atoms with van der Waals surface area (Å²) in [5, 5.41) is 9.27. The Morgan fingerprint density at radius 3 is 2.76 bits per heavy atom. The zero-order chi connectivity index (χ0) is 20.4. The van der Waals surface area contributed by atoms with Crippen LogP contribution in [0.15, 0.2) is 23.4 Å². The van der Waals surface area contributed by atoms with Gasteiger partial charge in [-0.15, -0.1) is 10.2 Å². The number of carbonyl (C=O) groups is 1. The van der Waals surface area contributed by atoms with Gasteiger partial charge in [0.05, 0.1) is 25.0 Å². The van der Waals surface area contributed by atoms with Crippen LogP contribution in [0.1, 0.15) is 56.5 Å². The van der Waals surface area contributed by atoms with Gasteiger partial charge in [-0.1, -0.05) is 31.7 Å². The van der Waals surface area contributed by atoms with E-state index in [0.29, 0.717) is 24.9 Å². The third kappa shape index (κ3) is 4.22. The van der Waals surface area contributed by atoms with Crippen molar-refractivity contribution in [3.05, 3.63) is 29.6 Å². The second-order valence-corrected chi connectivity index (χ2v) is 8.79. The fraction of sp³-hybridized carbons (Fsp3) is 0.571. The molecule has 2 aliphatic heterocycles. The molecule has 0 saturated carbocycles. The van der Waals surface area contributed by atoms with Gasteiger partial charge in [-0.2, -0.15) is 0 Å². The minimum Gasteiger partial charge on any atom is -0.490 e. The van der Waals surface area contributed by atoms with Gasteiger partial charge in [0, 0.05) is 25.9 Å². The van der Waals surface area contributed by atoms with Gasteiger partial charge in [0.25, 0.3) is 0 Å². The Morgan fingerprint density at radius 1 is 1.21 bits per heavy atom. The lowest BCUT2D eigenvalue weighted by molar-refractivity contribution is -0.129. The molecular weight excluding hydrogens is 388 g/mol. The predicted octanol–water partition coefficient (Wildman–Crippen LogP) is 3.56. The van der Waals surface area contributed by atoms with E-state index in [-0.39, 0.29) is 11.9 Å². The topological polar surface area (TPSA) is 69.5 Å². The molecule has 156 valence electrons. The number of benzene rings is 1. The van der Waals surface area contributed by atoms with Crippen molar-refractivity contribution >= 4 is 17.7 Å². The molecule has 1 aromatic heterocycles. The van der Waals surface area contributed by atoms with Crippen LogP contribution >= 0.6 is 11.8 Å². The average Bonchev–Trinajstić information content (AvgIpc) is 3.26. The molecule has 2 aliphatic rings. The fourth-order valence-corrected chi connectivity index (χ4v) is 4.77. The van der Waals surface area contributed by atoms with Crippen molar-refractivity contribution in [2.24, 2.45) is 7.05 Å². The van der Waals surface area contributed by atoms with E-state index in [4.69, 9.17) is 9.47 Å². The standard InChI is InChI=1S/C21H28N4O3S/c1-14(2)20-22-23-21(24(20)3)29-13-19(26)25-9-4-6-16(25)15-7-8-17-18(12-15)28-11-5-10-27-17/h7-8,12,14,16H,4-6,9-11,13H2,1-3H3. The minimum atomic E-state index is 0.0889. The number of amides is 1. The Labute approximate surface area is 175 Å². The van der Waals surface area contributed by atoms with Gasteiger partial charge in [0.1, 0.15) is 5.82 Å². The summed E-state index contributed by atoms with van der Waals surface area (Å²) in [7, 11) is 1.96. The lowest BCUT2D eigenvalue weighted by Gasteiger charge is -2.25. The third-order valence-electron chi connectivity index (χ3n) is 5.44. The number of aromatic nitrogens is 3. The van der Waals surface area contributed by atoms with Crippen molar-refractivity contribution in [2.45, 2.75) is 50.2 Å². The van der Waals surface area contributed by atoms with Gasteiger partial charge in [-0.25, -0.2) is 0 Å². The summed E-state index contributed by atoms with van der Waals surface area (Å²) in [6.45, 7) is 6.31. The van der Waals surface area contributed by atoms with Crippen LogP contribution in [0.3, 0.4) is 0 Å². The van der Waals surface area contributed by atoms with Crippen LogP contribution in [-0.2, 0) is 11.8 Å². The van der Waals surface area contributed by atoms with Gasteiger partial charge in [-0.3, -0.25) is 4.79 Å². The average molecular weight is 417 g/mol. The Balaban J connectivity index is 1.44. The van der Waals surface area contributed by atoms with E-state index in [1.807, 2.05) is 28.6 Å². The molecule has 1 fully saturated rings. The highest BCUT2D eigenvalue weighted by molar-refractivity contribution is 7.99. The monoisotopic (exact) mass is 416 g/mol. The van der Waals surface area contributed by atoms with E-state index in [1.54, 1.807) is 0 Å². The molecule has 1 amide bonds. The second kappa shape index (κ2) is 8.65. The summed E-state index contributed by atoms with van der Waals surface area (Å²) in [5.41, 5.74) is 1.12. The smallest absolute Gasteiger partial charge is 0.233 e. The summed E-state index contributed by atoms with van der Waals surface area (Å²) >= 11 is 1.46. The molecule has 1 unspecified atom stereocenters. The molecule has 1 aromatic carbocycles. The number of carbonyl (C=O) groups excluding carboxylic acids is 1. The highest BCUT2D eigenvalue weighted by atomic mass is 32.2. The maximum absolute atomic E-state index is 13.0. The lowest BCUT2D eigenvalue weighted by atomic mass is 10.0. The van der Waals surface area contributed by atoms with Gasteiger partial charge in [0.2, 0.25) is 5.91 Å². The van der Waals surface area contributed by atoms with Gasteiger partial charge >= 0.3 is 0 Å². The molecule has 0 spiro atoms. The molecule has 0 radical (unpaired) electrons. The summed E-state index contributed by atoms with van der Waals surface area (Å²) < 4.78 is 13.5. The van der Waals surface area contributed by atoms with Gasteiger partial charge in [0.15, 0.2) is 16.7 Å². The number of hydrogen-bond donors (Lipinski definition) is 0. The molecule has 1 saturated heterocycles. The van der Waals surface area contributed by atoms with E-state index < -0.39 is 0 Å². The Hall–Kier alpha value is -2.22. The highest BCUT2D eigenvalue weighted by Gasteiger charge is 2.31. The molecule has 3 heterocycles. The largest absolute Gasteiger partial charge is 0.490 e. The maximum Gasteiger partial charge on any atom is 0.233 e. The third-order valence-corrected chi connectivity index (χ3v) is 6.44. The number of likely N-dealkylation sites (tertiary alicyclic amines) is 1. The number of nitrogens with zero attached hydrogens (tertiary/aromatic N) is 4. The van der Waals surface area contributed by atoms with Crippen molar-refractivity contribution in [3.8, 4) is 11.5 Å². The molecule has 4 rings (SSSR count).